The third kappa shape index (κ3) is 6.01. The Bertz CT molecular complexity index is 661. The maximum atomic E-state index is 12.6. The number of nitrogens with zero attached hydrogens (tertiary/aromatic N) is 2. The van der Waals surface area contributed by atoms with Crippen molar-refractivity contribution in [2.45, 2.75) is 50.3 Å². The second-order valence-electron chi connectivity index (χ2n) is 7.98. The number of carbonyl (C=O) groups excluding carboxylic acids is 2. The summed E-state index contributed by atoms with van der Waals surface area (Å²) in [4.78, 5) is 29.2. The zero-order valence-electron chi connectivity index (χ0n) is 17.3. The highest BCUT2D eigenvalue weighted by atomic mass is 16.5. The number of methoxy groups -OCH3 is 1. The fourth-order valence-corrected chi connectivity index (χ4v) is 4.39. The molecule has 0 spiro atoms. The maximum absolute atomic E-state index is 12.6. The van der Waals surface area contributed by atoms with Gasteiger partial charge in [0.25, 0.3) is 0 Å². The van der Waals surface area contributed by atoms with E-state index in [4.69, 9.17) is 4.74 Å². The predicted octanol–water partition coefficient (Wildman–Crippen LogP) is 0.808. The van der Waals surface area contributed by atoms with E-state index in [9.17, 15) is 14.7 Å². The molecule has 2 aliphatic heterocycles. The number of hydrogen-bond acceptors (Lipinski definition) is 5. The number of ether oxygens (including phenoxy) is 1. The van der Waals surface area contributed by atoms with E-state index in [1.54, 1.807) is 7.11 Å². The molecule has 29 heavy (non-hydrogen) atoms. The SMILES string of the molecule is COCCNC(=O)[C@@H]1C[C@@H](O)CN1C1CCN(C(=O)CCc2ccccc2)CC1. The summed E-state index contributed by atoms with van der Waals surface area (Å²) in [5, 5.41) is 13.0. The lowest BCUT2D eigenvalue weighted by Crippen LogP contribution is -2.52. The number of nitrogens with one attached hydrogen (secondary N) is 1. The minimum atomic E-state index is -0.473. The van der Waals surface area contributed by atoms with E-state index in [1.165, 1.54) is 5.56 Å². The fourth-order valence-electron chi connectivity index (χ4n) is 4.39. The molecular formula is C22H33N3O4. The van der Waals surface area contributed by atoms with Gasteiger partial charge < -0.3 is 20.1 Å². The van der Waals surface area contributed by atoms with Gasteiger partial charge in [0.15, 0.2) is 0 Å². The number of aryl methyl sites for hydroxylation is 1. The third-order valence-electron chi connectivity index (χ3n) is 5.98. The van der Waals surface area contributed by atoms with Crippen LogP contribution in [0.25, 0.3) is 0 Å². The molecule has 0 aliphatic carbocycles. The van der Waals surface area contributed by atoms with Crippen LogP contribution < -0.4 is 5.32 Å². The van der Waals surface area contributed by atoms with Gasteiger partial charge in [-0.1, -0.05) is 30.3 Å². The Hall–Kier alpha value is -1.96. The van der Waals surface area contributed by atoms with E-state index in [0.717, 1.165) is 19.3 Å². The summed E-state index contributed by atoms with van der Waals surface area (Å²) in [6.45, 7) is 2.90. The van der Waals surface area contributed by atoms with Crippen LogP contribution in [0.1, 0.15) is 31.2 Å². The molecule has 2 atom stereocenters. The first-order valence-corrected chi connectivity index (χ1v) is 10.6. The fraction of sp³-hybridized carbons (Fsp3) is 0.636. The molecule has 7 heteroatoms. The van der Waals surface area contributed by atoms with Crippen molar-refractivity contribution >= 4 is 11.8 Å². The number of hydrogen-bond donors (Lipinski definition) is 2. The summed E-state index contributed by atoms with van der Waals surface area (Å²) in [6, 6.07) is 10.0. The summed E-state index contributed by atoms with van der Waals surface area (Å²) in [6.07, 6.45) is 2.97. The number of benzene rings is 1. The Morgan fingerprint density at radius 2 is 1.93 bits per heavy atom. The Kier molecular flexibility index (Phi) is 8.03. The quantitative estimate of drug-likeness (QED) is 0.628. The molecule has 3 rings (SSSR count). The molecule has 0 aromatic heterocycles. The smallest absolute Gasteiger partial charge is 0.237 e. The van der Waals surface area contributed by atoms with Gasteiger partial charge in [-0.15, -0.1) is 0 Å². The molecule has 0 saturated carbocycles. The first-order valence-electron chi connectivity index (χ1n) is 10.6. The van der Waals surface area contributed by atoms with Gasteiger partial charge in [-0.2, -0.15) is 0 Å². The van der Waals surface area contributed by atoms with Crippen molar-refractivity contribution in [1.29, 1.82) is 0 Å². The second kappa shape index (κ2) is 10.7. The first-order chi connectivity index (χ1) is 14.1. The maximum Gasteiger partial charge on any atom is 0.237 e. The molecule has 1 aromatic carbocycles. The van der Waals surface area contributed by atoms with Gasteiger partial charge in [-0.25, -0.2) is 0 Å². The van der Waals surface area contributed by atoms with Crippen molar-refractivity contribution in [1.82, 2.24) is 15.1 Å². The number of aliphatic hydroxyl groups is 1. The molecule has 2 N–H and O–H groups in total. The standard InChI is InChI=1S/C22H33N3O4/c1-29-14-11-23-22(28)20-15-19(26)16-25(20)18-9-12-24(13-10-18)21(27)8-7-17-5-3-2-4-6-17/h2-6,18-20,26H,7-16H2,1H3,(H,23,28)/t19-,20+/m1/s1. The number of aliphatic hydroxyl groups excluding tert-OH is 1. The molecule has 0 radical (unpaired) electrons. The number of amides is 2. The van der Waals surface area contributed by atoms with Crippen LogP contribution in [0.3, 0.4) is 0 Å². The van der Waals surface area contributed by atoms with Crippen LogP contribution in [0.15, 0.2) is 30.3 Å². The second-order valence-corrected chi connectivity index (χ2v) is 7.98. The minimum absolute atomic E-state index is 0.0417. The summed E-state index contributed by atoms with van der Waals surface area (Å²) < 4.78 is 4.99. The summed E-state index contributed by atoms with van der Waals surface area (Å²) in [5.74, 6) is 0.155. The lowest BCUT2D eigenvalue weighted by Gasteiger charge is -2.39. The largest absolute Gasteiger partial charge is 0.392 e. The predicted molar refractivity (Wildman–Crippen MR) is 110 cm³/mol. The molecular weight excluding hydrogens is 370 g/mol. The van der Waals surface area contributed by atoms with Crippen LogP contribution in [-0.4, -0.2) is 84.8 Å². The molecule has 2 saturated heterocycles. The van der Waals surface area contributed by atoms with E-state index in [2.05, 4.69) is 22.3 Å². The Morgan fingerprint density at radius 1 is 1.21 bits per heavy atom. The topological polar surface area (TPSA) is 82.1 Å². The molecule has 2 amide bonds. The number of likely N-dealkylation sites (tertiary alicyclic amines) is 2. The summed E-state index contributed by atoms with van der Waals surface area (Å²) in [7, 11) is 1.60. The van der Waals surface area contributed by atoms with Crippen LogP contribution in [0, 0.1) is 0 Å². The molecule has 0 bridgehead atoms. The number of β-amino-alcohol motifs (C(OH)–C–C–N with tert-alkyl or cyclic N) is 1. The van der Waals surface area contributed by atoms with Crippen LogP contribution in [-0.2, 0) is 20.7 Å². The Balaban J connectivity index is 1.47. The molecule has 0 unspecified atom stereocenters. The highest BCUT2D eigenvalue weighted by Gasteiger charge is 2.40. The normalized spacial score (nSPS) is 23.3. The van der Waals surface area contributed by atoms with Gasteiger partial charge >= 0.3 is 0 Å². The third-order valence-corrected chi connectivity index (χ3v) is 5.98. The number of piperidine rings is 1. The average molecular weight is 404 g/mol. The van der Waals surface area contributed by atoms with Gasteiger partial charge in [-0.3, -0.25) is 14.5 Å². The number of rotatable bonds is 8. The first kappa shape index (κ1) is 21.7. The lowest BCUT2D eigenvalue weighted by atomic mass is 10.0. The van der Waals surface area contributed by atoms with Crippen molar-refractivity contribution in [3.8, 4) is 0 Å². The molecule has 1 aromatic rings. The van der Waals surface area contributed by atoms with Crippen molar-refractivity contribution in [3.05, 3.63) is 35.9 Å². The Morgan fingerprint density at radius 3 is 2.62 bits per heavy atom. The van der Waals surface area contributed by atoms with Gasteiger partial charge in [0, 0.05) is 45.8 Å². The molecule has 2 aliphatic rings. The van der Waals surface area contributed by atoms with Gasteiger partial charge in [0.1, 0.15) is 0 Å². The van der Waals surface area contributed by atoms with E-state index in [-0.39, 0.29) is 23.9 Å². The van der Waals surface area contributed by atoms with Crippen LogP contribution in [0.5, 0.6) is 0 Å². The Labute approximate surface area is 173 Å². The lowest BCUT2D eigenvalue weighted by molar-refractivity contribution is -0.134. The van der Waals surface area contributed by atoms with E-state index in [1.807, 2.05) is 23.1 Å². The van der Waals surface area contributed by atoms with Crippen LogP contribution >= 0.6 is 0 Å². The van der Waals surface area contributed by atoms with Crippen molar-refractivity contribution < 1.29 is 19.4 Å². The van der Waals surface area contributed by atoms with E-state index in [0.29, 0.717) is 45.6 Å². The van der Waals surface area contributed by atoms with E-state index >= 15 is 0 Å². The molecule has 7 nitrogen and oxygen atoms in total. The highest BCUT2D eigenvalue weighted by Crippen LogP contribution is 2.27. The monoisotopic (exact) mass is 403 g/mol. The van der Waals surface area contributed by atoms with Gasteiger partial charge in [0.05, 0.1) is 18.8 Å². The van der Waals surface area contributed by atoms with Gasteiger partial charge in [-0.05, 0) is 31.2 Å². The summed E-state index contributed by atoms with van der Waals surface area (Å²) >= 11 is 0. The van der Waals surface area contributed by atoms with Gasteiger partial charge in [0.2, 0.25) is 11.8 Å². The van der Waals surface area contributed by atoms with Crippen molar-refractivity contribution in [3.63, 3.8) is 0 Å². The zero-order valence-corrected chi connectivity index (χ0v) is 17.3. The van der Waals surface area contributed by atoms with Crippen LogP contribution in [0.2, 0.25) is 0 Å². The van der Waals surface area contributed by atoms with Crippen molar-refractivity contribution in [2.24, 2.45) is 0 Å². The van der Waals surface area contributed by atoms with E-state index < -0.39 is 6.10 Å². The molecule has 160 valence electrons. The average Bonchev–Trinajstić information content (AvgIpc) is 3.15. The van der Waals surface area contributed by atoms with Crippen molar-refractivity contribution in [2.75, 3.05) is 39.9 Å². The van der Waals surface area contributed by atoms with Crippen LogP contribution in [0.4, 0.5) is 0 Å². The zero-order chi connectivity index (χ0) is 20.6. The molecule has 2 fully saturated rings. The minimum Gasteiger partial charge on any atom is -0.392 e. The molecule has 2 heterocycles. The number of carbonyl (C=O) groups is 2. The summed E-state index contributed by atoms with van der Waals surface area (Å²) in [5.41, 5.74) is 1.18. The highest BCUT2D eigenvalue weighted by molar-refractivity contribution is 5.82.